The van der Waals surface area contributed by atoms with Crippen LogP contribution >= 0.6 is 0 Å². The molecule has 0 aromatic carbocycles. The summed E-state index contributed by atoms with van der Waals surface area (Å²) in [7, 11) is 0. The van der Waals surface area contributed by atoms with Gasteiger partial charge in [-0.2, -0.15) is 0 Å². The zero-order chi connectivity index (χ0) is 12.4. The number of anilines is 1. The molecule has 0 aliphatic heterocycles. The Balaban J connectivity index is 1.82. The van der Waals surface area contributed by atoms with Crippen molar-refractivity contribution >= 4 is 11.8 Å². The van der Waals surface area contributed by atoms with Crippen molar-refractivity contribution in [2.24, 2.45) is 17.8 Å². The summed E-state index contributed by atoms with van der Waals surface area (Å²) in [5.41, 5.74) is -0.0259. The molecule has 0 spiro atoms. The van der Waals surface area contributed by atoms with Crippen LogP contribution in [0.15, 0.2) is 12.4 Å². The number of nitrogens with zero attached hydrogens (tertiary/aromatic N) is 2. The zero-order valence-electron chi connectivity index (χ0n) is 10.1. The number of hydrogen-bond donors (Lipinski definition) is 2. The Bertz CT molecular complexity index is 403. The average molecular weight is 235 g/mol. The Morgan fingerprint density at radius 2 is 2.29 bits per heavy atom. The Hall–Kier alpha value is -1.65. The lowest BCUT2D eigenvalue weighted by atomic mass is 10.1. The molecule has 0 saturated heterocycles. The molecule has 0 bridgehead atoms. The van der Waals surface area contributed by atoms with E-state index in [4.69, 9.17) is 5.11 Å². The summed E-state index contributed by atoms with van der Waals surface area (Å²) in [5, 5.41) is 11.9. The first kappa shape index (κ1) is 11.8. The van der Waals surface area contributed by atoms with E-state index in [9.17, 15) is 4.79 Å². The molecule has 1 saturated carbocycles. The lowest BCUT2D eigenvalue weighted by Gasteiger charge is -2.06. The number of carbonyl (C=O) groups is 1. The van der Waals surface area contributed by atoms with Crippen molar-refractivity contribution in [2.75, 3.05) is 11.9 Å². The van der Waals surface area contributed by atoms with Crippen molar-refractivity contribution in [3.63, 3.8) is 0 Å². The van der Waals surface area contributed by atoms with E-state index in [1.165, 1.54) is 18.8 Å². The second-order valence-electron chi connectivity index (χ2n) is 4.88. The highest BCUT2D eigenvalue weighted by Crippen LogP contribution is 2.43. The predicted octanol–water partition coefficient (Wildman–Crippen LogP) is 1.88. The van der Waals surface area contributed by atoms with Gasteiger partial charge in [0.25, 0.3) is 0 Å². The van der Waals surface area contributed by atoms with Crippen molar-refractivity contribution < 1.29 is 9.90 Å². The molecule has 1 aromatic heterocycles. The highest BCUT2D eigenvalue weighted by Gasteiger charge is 2.38. The van der Waals surface area contributed by atoms with E-state index in [0.29, 0.717) is 5.82 Å². The average Bonchev–Trinajstić information content (AvgIpc) is 3.06. The molecule has 1 heterocycles. The molecule has 1 aliphatic carbocycles. The summed E-state index contributed by atoms with van der Waals surface area (Å²) in [5.74, 6) is 1.86. The number of carboxylic acids is 1. The number of aromatic nitrogens is 2. The molecule has 0 unspecified atom stereocenters. The van der Waals surface area contributed by atoms with Gasteiger partial charge in [0.15, 0.2) is 5.69 Å². The highest BCUT2D eigenvalue weighted by atomic mass is 16.4. The molecule has 0 radical (unpaired) electrons. The van der Waals surface area contributed by atoms with Gasteiger partial charge in [-0.15, -0.1) is 0 Å². The molecule has 2 rings (SSSR count). The van der Waals surface area contributed by atoms with E-state index in [1.807, 2.05) is 0 Å². The maximum Gasteiger partial charge on any atom is 0.356 e. The van der Waals surface area contributed by atoms with Gasteiger partial charge in [0.05, 0.1) is 12.4 Å². The summed E-state index contributed by atoms with van der Waals surface area (Å²) in [6.45, 7) is 5.38. The predicted molar refractivity (Wildman–Crippen MR) is 63.9 cm³/mol. The number of rotatable bonds is 5. The third-order valence-electron chi connectivity index (χ3n) is 3.25. The van der Waals surface area contributed by atoms with Crippen LogP contribution in [-0.2, 0) is 0 Å². The number of aromatic carboxylic acids is 1. The van der Waals surface area contributed by atoms with Crippen LogP contribution in [0.2, 0.25) is 0 Å². The lowest BCUT2D eigenvalue weighted by Crippen LogP contribution is -2.09. The fourth-order valence-corrected chi connectivity index (χ4v) is 2.09. The first-order valence-corrected chi connectivity index (χ1v) is 5.87. The van der Waals surface area contributed by atoms with Crippen LogP contribution in [-0.4, -0.2) is 27.6 Å². The molecule has 1 aromatic rings. The Morgan fingerprint density at radius 1 is 1.53 bits per heavy atom. The fourth-order valence-electron chi connectivity index (χ4n) is 2.09. The van der Waals surface area contributed by atoms with Crippen molar-refractivity contribution in [1.82, 2.24) is 9.97 Å². The Labute approximate surface area is 100 Å². The third-order valence-corrected chi connectivity index (χ3v) is 3.25. The van der Waals surface area contributed by atoms with E-state index in [-0.39, 0.29) is 5.69 Å². The summed E-state index contributed by atoms with van der Waals surface area (Å²) < 4.78 is 0. The zero-order valence-corrected chi connectivity index (χ0v) is 10.1. The molecule has 5 heteroatoms. The summed E-state index contributed by atoms with van der Waals surface area (Å²) >= 11 is 0. The fraction of sp³-hybridized carbons (Fsp3) is 0.583. The molecule has 0 amide bonds. The van der Waals surface area contributed by atoms with Crippen LogP contribution < -0.4 is 5.32 Å². The molecule has 1 fully saturated rings. The van der Waals surface area contributed by atoms with E-state index in [0.717, 1.165) is 24.3 Å². The third kappa shape index (κ3) is 2.93. The quantitative estimate of drug-likeness (QED) is 0.815. The van der Waals surface area contributed by atoms with Crippen molar-refractivity contribution in [3.05, 3.63) is 18.1 Å². The van der Waals surface area contributed by atoms with Gasteiger partial charge < -0.3 is 10.4 Å². The monoisotopic (exact) mass is 235 g/mol. The largest absolute Gasteiger partial charge is 0.476 e. The number of carboxylic acid groups (broad SMARTS) is 1. The minimum absolute atomic E-state index is 0.0259. The van der Waals surface area contributed by atoms with E-state index in [1.54, 1.807) is 0 Å². The standard InChI is InChI=1S/C12H17N3O2/c1-7(2)9-3-8(9)4-14-11-6-13-10(5-15-11)12(16)17/h5-9H,3-4H2,1-2H3,(H,14,15)(H,16,17)/t8-,9-/m0/s1. The first-order chi connectivity index (χ1) is 8.08. The topological polar surface area (TPSA) is 75.1 Å². The van der Waals surface area contributed by atoms with E-state index in [2.05, 4.69) is 29.1 Å². The van der Waals surface area contributed by atoms with E-state index >= 15 is 0 Å². The molecule has 5 nitrogen and oxygen atoms in total. The van der Waals surface area contributed by atoms with Crippen LogP contribution in [0.1, 0.15) is 30.8 Å². The van der Waals surface area contributed by atoms with Gasteiger partial charge in [0.2, 0.25) is 0 Å². The highest BCUT2D eigenvalue weighted by molar-refractivity contribution is 5.84. The van der Waals surface area contributed by atoms with Crippen LogP contribution in [0.25, 0.3) is 0 Å². The van der Waals surface area contributed by atoms with E-state index < -0.39 is 5.97 Å². The Morgan fingerprint density at radius 3 is 2.76 bits per heavy atom. The van der Waals surface area contributed by atoms with Gasteiger partial charge in [-0.1, -0.05) is 13.8 Å². The molecule has 2 N–H and O–H groups in total. The van der Waals surface area contributed by atoms with Gasteiger partial charge in [-0.3, -0.25) is 0 Å². The second kappa shape index (κ2) is 4.69. The van der Waals surface area contributed by atoms with Crippen LogP contribution in [0.4, 0.5) is 5.82 Å². The van der Waals surface area contributed by atoms with Gasteiger partial charge in [-0.05, 0) is 24.2 Å². The van der Waals surface area contributed by atoms with Gasteiger partial charge in [-0.25, -0.2) is 14.8 Å². The number of hydrogen-bond acceptors (Lipinski definition) is 4. The summed E-state index contributed by atoms with van der Waals surface area (Å²) in [4.78, 5) is 18.4. The van der Waals surface area contributed by atoms with Crippen LogP contribution in [0.3, 0.4) is 0 Å². The van der Waals surface area contributed by atoms with Crippen LogP contribution in [0.5, 0.6) is 0 Å². The van der Waals surface area contributed by atoms with Crippen LogP contribution in [0, 0.1) is 17.8 Å². The second-order valence-corrected chi connectivity index (χ2v) is 4.88. The molecule has 17 heavy (non-hydrogen) atoms. The first-order valence-electron chi connectivity index (χ1n) is 5.87. The molecular weight excluding hydrogens is 218 g/mol. The smallest absolute Gasteiger partial charge is 0.356 e. The van der Waals surface area contributed by atoms with Gasteiger partial charge in [0, 0.05) is 6.54 Å². The lowest BCUT2D eigenvalue weighted by molar-refractivity contribution is 0.0690. The van der Waals surface area contributed by atoms with Crippen molar-refractivity contribution in [3.8, 4) is 0 Å². The number of nitrogens with one attached hydrogen (secondary N) is 1. The van der Waals surface area contributed by atoms with Gasteiger partial charge >= 0.3 is 5.97 Å². The molecule has 2 atom stereocenters. The maximum absolute atomic E-state index is 10.6. The summed E-state index contributed by atoms with van der Waals surface area (Å²) in [6.07, 6.45) is 4.01. The minimum Gasteiger partial charge on any atom is -0.476 e. The summed E-state index contributed by atoms with van der Waals surface area (Å²) in [6, 6.07) is 0. The van der Waals surface area contributed by atoms with Crippen molar-refractivity contribution in [1.29, 1.82) is 0 Å². The van der Waals surface area contributed by atoms with Crippen molar-refractivity contribution in [2.45, 2.75) is 20.3 Å². The normalized spacial score (nSPS) is 22.5. The SMILES string of the molecule is CC(C)[C@@H]1C[C@H]1CNc1cnc(C(=O)O)cn1. The van der Waals surface area contributed by atoms with Gasteiger partial charge in [0.1, 0.15) is 5.82 Å². The molecule has 92 valence electrons. The molecule has 1 aliphatic rings. The Kier molecular flexibility index (Phi) is 3.26. The minimum atomic E-state index is -1.05. The molecular formula is C12H17N3O2. The maximum atomic E-state index is 10.6.